The van der Waals surface area contributed by atoms with E-state index in [1.54, 1.807) is 14.0 Å². The highest BCUT2D eigenvalue weighted by atomic mass is 16.2. The number of hydrogen-bond acceptors (Lipinski definition) is 4. The Balaban J connectivity index is 2.01. The van der Waals surface area contributed by atoms with Crippen LogP contribution in [0.25, 0.3) is 11.2 Å². The van der Waals surface area contributed by atoms with Crippen LogP contribution in [0.3, 0.4) is 0 Å². The molecule has 1 amide bonds. The summed E-state index contributed by atoms with van der Waals surface area (Å²) in [6.45, 7) is 3.64. The Morgan fingerprint density at radius 1 is 1.12 bits per heavy atom. The Morgan fingerprint density at radius 2 is 1.76 bits per heavy atom. The van der Waals surface area contributed by atoms with Crippen molar-refractivity contribution in [1.29, 1.82) is 0 Å². The Bertz CT molecular complexity index is 1070. The van der Waals surface area contributed by atoms with Crippen LogP contribution in [0.5, 0.6) is 0 Å². The van der Waals surface area contributed by atoms with Crippen LogP contribution in [0.1, 0.15) is 18.5 Å². The summed E-state index contributed by atoms with van der Waals surface area (Å²) < 4.78 is 3.78. The first-order chi connectivity index (χ1) is 11.8. The lowest BCUT2D eigenvalue weighted by Crippen LogP contribution is -2.38. The lowest BCUT2D eigenvalue weighted by molar-refractivity contribution is -0.118. The number of benzene rings is 1. The van der Waals surface area contributed by atoms with Gasteiger partial charge < -0.3 is 9.88 Å². The summed E-state index contributed by atoms with van der Waals surface area (Å²) in [4.78, 5) is 41.1. The Hall–Kier alpha value is -3.16. The molecule has 8 nitrogen and oxygen atoms in total. The molecule has 1 N–H and O–H groups in total. The van der Waals surface area contributed by atoms with E-state index in [-0.39, 0.29) is 17.1 Å². The summed E-state index contributed by atoms with van der Waals surface area (Å²) in [6, 6.07) is 6.76. The molecule has 0 bridgehead atoms. The average Bonchev–Trinajstić information content (AvgIpc) is 3.04. The molecule has 0 aliphatic heterocycles. The van der Waals surface area contributed by atoms with Crippen molar-refractivity contribution >= 4 is 22.8 Å². The predicted octanol–water partition coefficient (Wildman–Crippen LogP) is 0.942. The van der Waals surface area contributed by atoms with Crippen LogP contribution in [0.2, 0.25) is 0 Å². The van der Waals surface area contributed by atoms with Gasteiger partial charge in [-0.15, -0.1) is 0 Å². The van der Waals surface area contributed by atoms with E-state index >= 15 is 0 Å². The number of nitrogens with zero attached hydrogens (tertiary/aromatic N) is 4. The highest BCUT2D eigenvalue weighted by molar-refractivity contribution is 5.94. The van der Waals surface area contributed by atoms with E-state index in [2.05, 4.69) is 10.3 Å². The van der Waals surface area contributed by atoms with E-state index in [1.165, 1.54) is 22.5 Å². The molecule has 0 aliphatic carbocycles. The van der Waals surface area contributed by atoms with Gasteiger partial charge in [0.15, 0.2) is 11.2 Å². The van der Waals surface area contributed by atoms with Crippen LogP contribution in [-0.2, 0) is 18.9 Å². The zero-order valence-electron chi connectivity index (χ0n) is 14.5. The average molecular weight is 341 g/mol. The van der Waals surface area contributed by atoms with Gasteiger partial charge in [-0.1, -0.05) is 17.7 Å². The fraction of sp³-hybridized carbons (Fsp3) is 0.294. The summed E-state index contributed by atoms with van der Waals surface area (Å²) >= 11 is 0. The van der Waals surface area contributed by atoms with Crippen LogP contribution >= 0.6 is 0 Å². The molecule has 0 fully saturated rings. The summed E-state index contributed by atoms with van der Waals surface area (Å²) in [5.74, 6) is -0.279. The minimum Gasteiger partial charge on any atom is -0.324 e. The molecule has 0 spiro atoms. The lowest BCUT2D eigenvalue weighted by atomic mass is 10.2. The molecule has 3 aromatic rings. The van der Waals surface area contributed by atoms with Gasteiger partial charge in [0.05, 0.1) is 6.33 Å². The molecule has 0 aliphatic rings. The Morgan fingerprint density at radius 3 is 2.40 bits per heavy atom. The van der Waals surface area contributed by atoms with Crippen LogP contribution in [0, 0.1) is 6.92 Å². The zero-order chi connectivity index (χ0) is 18.3. The normalized spacial score (nSPS) is 12.3. The number of amides is 1. The van der Waals surface area contributed by atoms with Gasteiger partial charge >= 0.3 is 5.69 Å². The van der Waals surface area contributed by atoms with Crippen LogP contribution in [0.4, 0.5) is 5.69 Å². The molecular weight excluding hydrogens is 322 g/mol. The number of imidazole rings is 1. The highest BCUT2D eigenvalue weighted by Crippen LogP contribution is 2.16. The molecule has 2 heterocycles. The Labute approximate surface area is 143 Å². The summed E-state index contributed by atoms with van der Waals surface area (Å²) in [7, 11) is 2.94. The van der Waals surface area contributed by atoms with Crippen LogP contribution in [-0.4, -0.2) is 24.6 Å². The third-order valence-corrected chi connectivity index (χ3v) is 4.29. The predicted molar refractivity (Wildman–Crippen MR) is 94.7 cm³/mol. The van der Waals surface area contributed by atoms with Crippen molar-refractivity contribution < 1.29 is 4.79 Å². The van der Waals surface area contributed by atoms with Gasteiger partial charge in [-0.3, -0.25) is 18.7 Å². The smallest absolute Gasteiger partial charge is 0.324 e. The van der Waals surface area contributed by atoms with Gasteiger partial charge in [0, 0.05) is 19.8 Å². The second-order valence-electron chi connectivity index (χ2n) is 6.06. The topological polar surface area (TPSA) is 90.9 Å². The monoisotopic (exact) mass is 341 g/mol. The molecule has 25 heavy (non-hydrogen) atoms. The van der Waals surface area contributed by atoms with Crippen molar-refractivity contribution in [2.45, 2.75) is 19.9 Å². The molecule has 2 aromatic heterocycles. The molecule has 0 saturated heterocycles. The van der Waals surface area contributed by atoms with Gasteiger partial charge in [-0.05, 0) is 26.0 Å². The van der Waals surface area contributed by atoms with Gasteiger partial charge in [0.25, 0.3) is 5.56 Å². The number of nitrogens with one attached hydrogen (secondary N) is 1. The van der Waals surface area contributed by atoms with E-state index in [1.807, 2.05) is 31.2 Å². The number of carbonyl (C=O) groups is 1. The summed E-state index contributed by atoms with van der Waals surface area (Å²) in [5, 5.41) is 2.82. The molecule has 8 heteroatoms. The van der Waals surface area contributed by atoms with Crippen molar-refractivity contribution in [2.24, 2.45) is 14.1 Å². The maximum atomic E-state index is 12.6. The van der Waals surface area contributed by atoms with Gasteiger partial charge in [-0.2, -0.15) is 0 Å². The second-order valence-corrected chi connectivity index (χ2v) is 6.06. The number of aryl methyl sites for hydroxylation is 2. The number of carbonyl (C=O) groups excluding carboxylic acids is 1. The minimum atomic E-state index is -0.670. The molecule has 0 radical (unpaired) electrons. The van der Waals surface area contributed by atoms with E-state index in [0.717, 1.165) is 10.1 Å². The zero-order valence-corrected chi connectivity index (χ0v) is 14.5. The molecule has 0 saturated carbocycles. The fourth-order valence-electron chi connectivity index (χ4n) is 2.67. The standard InChI is InChI=1S/C17H19N5O3/c1-10-5-7-12(8-6-10)19-15(23)11(2)22-9-18-14-13(22)16(24)21(4)17(25)20(14)3/h5-9,11H,1-4H3,(H,19,23)/t11-/m1/s1. The SMILES string of the molecule is Cc1ccc(NC(=O)[C@@H](C)n2cnc3c2c(=O)n(C)c(=O)n3C)cc1. The number of hydrogen-bond donors (Lipinski definition) is 1. The number of fused-ring (bicyclic) bond motifs is 1. The number of aromatic nitrogens is 4. The van der Waals surface area contributed by atoms with Gasteiger partial charge in [-0.25, -0.2) is 9.78 Å². The molecule has 1 aromatic carbocycles. The lowest BCUT2D eigenvalue weighted by Gasteiger charge is -2.15. The van der Waals surface area contributed by atoms with E-state index in [0.29, 0.717) is 5.69 Å². The number of rotatable bonds is 3. The molecule has 1 atom stereocenters. The summed E-state index contributed by atoms with van der Waals surface area (Å²) in [5.41, 5.74) is 1.30. The fourth-order valence-corrected chi connectivity index (χ4v) is 2.67. The minimum absolute atomic E-state index is 0.219. The van der Waals surface area contributed by atoms with Crippen LogP contribution in [0.15, 0.2) is 40.2 Å². The first kappa shape index (κ1) is 16.7. The largest absolute Gasteiger partial charge is 0.332 e. The molecular formula is C17H19N5O3. The quantitative estimate of drug-likeness (QED) is 0.768. The first-order valence-corrected chi connectivity index (χ1v) is 7.81. The maximum Gasteiger partial charge on any atom is 0.332 e. The number of anilines is 1. The van der Waals surface area contributed by atoms with E-state index in [4.69, 9.17) is 0 Å². The molecule has 0 unspecified atom stereocenters. The van der Waals surface area contributed by atoms with Crippen molar-refractivity contribution in [1.82, 2.24) is 18.7 Å². The second kappa shape index (κ2) is 6.04. The van der Waals surface area contributed by atoms with Crippen molar-refractivity contribution in [3.63, 3.8) is 0 Å². The van der Waals surface area contributed by atoms with E-state index in [9.17, 15) is 14.4 Å². The van der Waals surface area contributed by atoms with Crippen molar-refractivity contribution in [3.8, 4) is 0 Å². The van der Waals surface area contributed by atoms with Gasteiger partial charge in [0.2, 0.25) is 5.91 Å². The van der Waals surface area contributed by atoms with Crippen LogP contribution < -0.4 is 16.6 Å². The third kappa shape index (κ3) is 2.75. The highest BCUT2D eigenvalue weighted by Gasteiger charge is 2.21. The molecule has 3 rings (SSSR count). The van der Waals surface area contributed by atoms with Crippen molar-refractivity contribution in [3.05, 3.63) is 57.0 Å². The molecule has 130 valence electrons. The first-order valence-electron chi connectivity index (χ1n) is 7.81. The Kier molecular flexibility index (Phi) is 4.03. The third-order valence-electron chi connectivity index (χ3n) is 4.29. The maximum absolute atomic E-state index is 12.6. The van der Waals surface area contributed by atoms with E-state index < -0.39 is 17.3 Å². The van der Waals surface area contributed by atoms with Gasteiger partial charge in [0.1, 0.15) is 6.04 Å². The summed E-state index contributed by atoms with van der Waals surface area (Å²) in [6.07, 6.45) is 1.41. The van der Waals surface area contributed by atoms with Crippen molar-refractivity contribution in [2.75, 3.05) is 5.32 Å².